The third-order valence-corrected chi connectivity index (χ3v) is 3.29. The van der Waals surface area contributed by atoms with Crippen LogP contribution in [0.25, 0.3) is 21.9 Å². The Kier molecular flexibility index (Phi) is 2.16. The lowest BCUT2D eigenvalue weighted by Crippen LogP contribution is -1.89. The fourth-order valence-corrected chi connectivity index (χ4v) is 2.38. The van der Waals surface area contributed by atoms with Crippen molar-refractivity contribution in [2.45, 2.75) is 0 Å². The Labute approximate surface area is 104 Å². The summed E-state index contributed by atoms with van der Waals surface area (Å²) in [5, 5.41) is 12.7. The molecule has 3 aromatic rings. The summed E-state index contributed by atoms with van der Waals surface area (Å²) in [6.07, 6.45) is 0. The van der Waals surface area contributed by atoms with Crippen LogP contribution >= 0.6 is 15.9 Å². The van der Waals surface area contributed by atoms with Crippen molar-refractivity contribution in [1.82, 2.24) is 0 Å². The summed E-state index contributed by atoms with van der Waals surface area (Å²) in [5.41, 5.74) is 0.938. The van der Waals surface area contributed by atoms with Crippen LogP contribution in [0.2, 0.25) is 0 Å². The van der Waals surface area contributed by atoms with Crippen LogP contribution < -0.4 is 0 Å². The summed E-state index contributed by atoms with van der Waals surface area (Å²) < 4.78 is 5.98. The molecule has 0 aliphatic carbocycles. The molecule has 0 bridgehead atoms. The maximum Gasteiger partial charge on any atom is 0.326 e. The van der Waals surface area contributed by atoms with Crippen molar-refractivity contribution in [3.8, 4) is 0 Å². The minimum atomic E-state index is -0.436. The molecule has 0 aliphatic rings. The zero-order valence-electron chi connectivity index (χ0n) is 8.51. The molecule has 17 heavy (non-hydrogen) atoms. The first kappa shape index (κ1) is 10.3. The molecule has 0 radical (unpaired) electrons. The Morgan fingerprint density at radius 1 is 1.12 bits per heavy atom. The second kappa shape index (κ2) is 3.56. The minimum absolute atomic E-state index is 0.0290. The molecule has 0 unspecified atom stereocenters. The van der Waals surface area contributed by atoms with E-state index in [4.69, 9.17) is 4.42 Å². The van der Waals surface area contributed by atoms with Crippen molar-refractivity contribution in [2.24, 2.45) is 0 Å². The van der Waals surface area contributed by atoms with Crippen LogP contribution in [-0.2, 0) is 0 Å². The number of benzene rings is 2. The quantitative estimate of drug-likeness (QED) is 0.497. The van der Waals surface area contributed by atoms with E-state index in [1.54, 1.807) is 12.1 Å². The van der Waals surface area contributed by atoms with E-state index < -0.39 is 4.92 Å². The van der Waals surface area contributed by atoms with Crippen molar-refractivity contribution >= 4 is 43.6 Å². The van der Waals surface area contributed by atoms with E-state index in [0.29, 0.717) is 15.6 Å². The maximum absolute atomic E-state index is 11.0. The molecule has 3 rings (SSSR count). The molecular weight excluding hydrogens is 286 g/mol. The van der Waals surface area contributed by atoms with Gasteiger partial charge < -0.3 is 4.42 Å². The lowest BCUT2D eigenvalue weighted by Gasteiger charge is -1.95. The van der Waals surface area contributed by atoms with Crippen LogP contribution in [0, 0.1) is 10.1 Å². The van der Waals surface area contributed by atoms with Gasteiger partial charge in [0.1, 0.15) is 5.58 Å². The molecule has 84 valence electrons. The topological polar surface area (TPSA) is 56.3 Å². The van der Waals surface area contributed by atoms with E-state index in [0.717, 1.165) is 10.8 Å². The average molecular weight is 292 g/mol. The maximum atomic E-state index is 11.0. The van der Waals surface area contributed by atoms with Gasteiger partial charge in [-0.2, -0.15) is 0 Å². The number of para-hydroxylation sites is 1. The van der Waals surface area contributed by atoms with Crippen LogP contribution in [0.1, 0.15) is 0 Å². The van der Waals surface area contributed by atoms with Gasteiger partial charge in [0.05, 0.1) is 9.40 Å². The molecule has 0 saturated carbocycles. The molecule has 2 aromatic carbocycles. The number of hydrogen-bond acceptors (Lipinski definition) is 3. The van der Waals surface area contributed by atoms with E-state index >= 15 is 0 Å². The molecule has 0 N–H and O–H groups in total. The van der Waals surface area contributed by atoms with Gasteiger partial charge in [-0.25, -0.2) is 0 Å². The Hall–Kier alpha value is -1.88. The van der Waals surface area contributed by atoms with Gasteiger partial charge in [0.2, 0.25) is 5.58 Å². The second-order valence-electron chi connectivity index (χ2n) is 3.63. The number of nitrogens with zero attached hydrogens (tertiary/aromatic N) is 1. The Balaban J connectivity index is 2.56. The normalized spacial score (nSPS) is 11.1. The zero-order chi connectivity index (χ0) is 12.0. The van der Waals surface area contributed by atoms with Gasteiger partial charge >= 0.3 is 5.69 Å². The average Bonchev–Trinajstić information content (AvgIpc) is 2.66. The predicted octanol–water partition coefficient (Wildman–Crippen LogP) is 4.26. The molecule has 0 spiro atoms. The van der Waals surface area contributed by atoms with E-state index in [1.165, 1.54) is 0 Å². The smallest absolute Gasteiger partial charge is 0.326 e. The van der Waals surface area contributed by atoms with Gasteiger partial charge in [-0.3, -0.25) is 10.1 Å². The van der Waals surface area contributed by atoms with Crippen LogP contribution in [-0.4, -0.2) is 4.92 Å². The molecule has 0 saturated heterocycles. The van der Waals surface area contributed by atoms with Crippen LogP contribution in [0.5, 0.6) is 0 Å². The largest absolute Gasteiger partial charge is 0.449 e. The van der Waals surface area contributed by atoms with Gasteiger partial charge in [-0.15, -0.1) is 0 Å². The Bertz CT molecular complexity index is 748. The number of halogens is 1. The summed E-state index contributed by atoms with van der Waals surface area (Å²) in [4.78, 5) is 10.6. The summed E-state index contributed by atoms with van der Waals surface area (Å²) in [6, 6.07) is 10.9. The van der Waals surface area contributed by atoms with Crippen molar-refractivity contribution in [1.29, 1.82) is 0 Å². The summed E-state index contributed by atoms with van der Waals surface area (Å²) in [6.45, 7) is 0. The number of nitro benzene ring substituents is 1. The van der Waals surface area contributed by atoms with Gasteiger partial charge in [0.15, 0.2) is 0 Å². The monoisotopic (exact) mass is 291 g/mol. The SMILES string of the molecule is O=[N+]([O-])c1c(Br)ccc2c1oc1ccccc12. The third kappa shape index (κ3) is 1.43. The standard InChI is InChI=1S/C12H6BrNO3/c13-9-6-5-8-7-3-1-2-4-10(7)17-12(8)11(9)14(15)16/h1-6H. The van der Waals surface area contributed by atoms with E-state index in [1.807, 2.05) is 24.3 Å². The van der Waals surface area contributed by atoms with E-state index in [2.05, 4.69) is 15.9 Å². The fraction of sp³-hybridized carbons (Fsp3) is 0. The van der Waals surface area contributed by atoms with Crippen LogP contribution in [0.3, 0.4) is 0 Å². The number of fused-ring (bicyclic) bond motifs is 3. The molecular formula is C12H6BrNO3. The first-order valence-corrected chi connectivity index (χ1v) is 5.72. The molecule has 1 heterocycles. The highest BCUT2D eigenvalue weighted by Crippen LogP contribution is 2.38. The third-order valence-electron chi connectivity index (χ3n) is 2.65. The lowest BCUT2D eigenvalue weighted by atomic mass is 10.1. The fourth-order valence-electron chi connectivity index (χ4n) is 1.92. The van der Waals surface area contributed by atoms with Crippen molar-refractivity contribution in [3.05, 3.63) is 51.0 Å². The van der Waals surface area contributed by atoms with Crippen LogP contribution in [0.15, 0.2) is 45.3 Å². The summed E-state index contributed by atoms with van der Waals surface area (Å²) >= 11 is 3.17. The molecule has 0 aliphatic heterocycles. The minimum Gasteiger partial charge on any atom is -0.449 e. The number of rotatable bonds is 1. The van der Waals surface area contributed by atoms with Gasteiger partial charge in [-0.05, 0) is 34.1 Å². The van der Waals surface area contributed by atoms with Gasteiger partial charge in [0, 0.05) is 10.8 Å². The molecule has 0 fully saturated rings. The lowest BCUT2D eigenvalue weighted by molar-refractivity contribution is -0.384. The summed E-state index contributed by atoms with van der Waals surface area (Å²) in [5.74, 6) is 0. The van der Waals surface area contributed by atoms with Gasteiger partial charge in [-0.1, -0.05) is 18.2 Å². The van der Waals surface area contributed by atoms with Gasteiger partial charge in [0.25, 0.3) is 0 Å². The summed E-state index contributed by atoms with van der Waals surface area (Å²) in [7, 11) is 0. The highest BCUT2D eigenvalue weighted by atomic mass is 79.9. The van der Waals surface area contributed by atoms with Crippen LogP contribution in [0.4, 0.5) is 5.69 Å². The van der Waals surface area contributed by atoms with E-state index in [9.17, 15) is 10.1 Å². The van der Waals surface area contributed by atoms with E-state index in [-0.39, 0.29) is 5.69 Å². The molecule has 0 amide bonds. The molecule has 0 atom stereocenters. The number of nitro groups is 1. The first-order valence-electron chi connectivity index (χ1n) is 4.92. The predicted molar refractivity (Wildman–Crippen MR) is 68.1 cm³/mol. The first-order chi connectivity index (χ1) is 8.18. The Morgan fingerprint density at radius 2 is 1.88 bits per heavy atom. The molecule has 5 heteroatoms. The zero-order valence-corrected chi connectivity index (χ0v) is 10.1. The van der Waals surface area contributed by atoms with Crippen molar-refractivity contribution < 1.29 is 9.34 Å². The highest BCUT2D eigenvalue weighted by molar-refractivity contribution is 9.10. The number of hydrogen-bond donors (Lipinski definition) is 0. The highest BCUT2D eigenvalue weighted by Gasteiger charge is 2.21. The second-order valence-corrected chi connectivity index (χ2v) is 4.48. The molecule has 1 aromatic heterocycles. The Morgan fingerprint density at radius 3 is 2.65 bits per heavy atom. The molecule has 4 nitrogen and oxygen atoms in total. The van der Waals surface area contributed by atoms with Crippen molar-refractivity contribution in [3.63, 3.8) is 0 Å². The van der Waals surface area contributed by atoms with Crippen molar-refractivity contribution in [2.75, 3.05) is 0 Å². The number of furan rings is 1.